The molecule has 1 aliphatic heterocycles. The molecule has 1 aromatic heterocycles. The van der Waals surface area contributed by atoms with Gasteiger partial charge in [-0.3, -0.25) is 9.59 Å². The van der Waals surface area contributed by atoms with Crippen LogP contribution in [0.2, 0.25) is 0 Å². The maximum absolute atomic E-state index is 14.2. The number of piperazine rings is 1. The molecule has 0 bridgehead atoms. The molecule has 2 aliphatic rings. The average Bonchev–Trinajstić information content (AvgIpc) is 3.24. The van der Waals surface area contributed by atoms with Crippen molar-refractivity contribution in [3.05, 3.63) is 88.6 Å². The molecule has 2 amide bonds. The third-order valence-electron chi connectivity index (χ3n) is 6.61. The van der Waals surface area contributed by atoms with Gasteiger partial charge in [-0.25, -0.2) is 9.82 Å². The Labute approximate surface area is 203 Å². The summed E-state index contributed by atoms with van der Waals surface area (Å²) in [7, 11) is 0. The van der Waals surface area contributed by atoms with Crippen LogP contribution in [0.5, 0.6) is 0 Å². The molecule has 0 atom stereocenters. The van der Waals surface area contributed by atoms with Gasteiger partial charge in [0.1, 0.15) is 11.6 Å². The number of fused-ring (bicyclic) bond motifs is 1. The molecule has 0 radical (unpaired) electrons. The topological polar surface area (TPSA) is 78.2 Å². The lowest BCUT2D eigenvalue weighted by Gasteiger charge is -2.35. The summed E-state index contributed by atoms with van der Waals surface area (Å²) in [5, 5.41) is 4.39. The van der Waals surface area contributed by atoms with Crippen molar-refractivity contribution in [1.82, 2.24) is 10.3 Å². The lowest BCUT2D eigenvalue weighted by atomic mass is 9.93. The van der Waals surface area contributed by atoms with Crippen molar-refractivity contribution in [3.63, 3.8) is 0 Å². The highest BCUT2D eigenvalue weighted by Crippen LogP contribution is 2.31. The van der Waals surface area contributed by atoms with E-state index >= 15 is 0 Å². The van der Waals surface area contributed by atoms with Gasteiger partial charge in [0.05, 0.1) is 11.4 Å². The first-order chi connectivity index (χ1) is 17.0. The van der Waals surface area contributed by atoms with Gasteiger partial charge < -0.3 is 14.2 Å². The SMILES string of the molecule is Cc1c(C(=O)N2CCN(c3ccccc3F)CC2)oc2c1/C(=N/NC(=O)c1ccccc1)CCC2. The molecule has 0 saturated carbocycles. The summed E-state index contributed by atoms with van der Waals surface area (Å²) < 4.78 is 20.2. The van der Waals surface area contributed by atoms with Gasteiger partial charge >= 0.3 is 0 Å². The molecular weight excluding hydrogens is 447 g/mol. The number of hydrazone groups is 1. The van der Waals surface area contributed by atoms with E-state index in [1.165, 1.54) is 6.07 Å². The second-order valence-electron chi connectivity index (χ2n) is 8.80. The number of hydrogen-bond donors (Lipinski definition) is 1. The lowest BCUT2D eigenvalue weighted by Crippen LogP contribution is -2.49. The van der Waals surface area contributed by atoms with Crippen LogP contribution >= 0.6 is 0 Å². The Bertz CT molecular complexity index is 1280. The Morgan fingerprint density at radius 2 is 1.69 bits per heavy atom. The third-order valence-corrected chi connectivity index (χ3v) is 6.61. The second kappa shape index (κ2) is 9.74. The summed E-state index contributed by atoms with van der Waals surface area (Å²) in [6.45, 7) is 3.91. The summed E-state index contributed by atoms with van der Waals surface area (Å²) in [5.41, 5.74) is 6.01. The quantitative estimate of drug-likeness (QED) is 0.576. The van der Waals surface area contributed by atoms with Crippen LogP contribution < -0.4 is 10.3 Å². The van der Waals surface area contributed by atoms with Gasteiger partial charge in [-0.15, -0.1) is 0 Å². The standard InChI is InChI=1S/C27H27FN4O3/c1-18-24-21(29-30-26(33)19-8-3-2-4-9-19)11-7-13-23(24)35-25(18)27(34)32-16-14-31(15-17-32)22-12-6-5-10-20(22)28/h2-6,8-10,12H,7,11,13-17H2,1H3,(H,30,33)/b29-21+. The van der Waals surface area contributed by atoms with Crippen molar-refractivity contribution < 1.29 is 18.4 Å². The Hall–Kier alpha value is -3.94. The number of rotatable bonds is 4. The molecule has 7 nitrogen and oxygen atoms in total. The summed E-state index contributed by atoms with van der Waals surface area (Å²) in [6, 6.07) is 15.6. The molecule has 35 heavy (non-hydrogen) atoms. The largest absolute Gasteiger partial charge is 0.455 e. The van der Waals surface area contributed by atoms with Crippen molar-refractivity contribution in [2.45, 2.75) is 26.2 Å². The molecule has 0 spiro atoms. The van der Waals surface area contributed by atoms with E-state index in [9.17, 15) is 14.0 Å². The number of benzene rings is 2. The summed E-state index contributed by atoms with van der Waals surface area (Å²) in [6.07, 6.45) is 2.24. The maximum Gasteiger partial charge on any atom is 0.289 e. The number of aryl methyl sites for hydroxylation is 1. The highest BCUT2D eigenvalue weighted by molar-refractivity contribution is 6.07. The fourth-order valence-electron chi connectivity index (χ4n) is 4.76. The van der Waals surface area contributed by atoms with Gasteiger partial charge in [-0.2, -0.15) is 5.10 Å². The van der Waals surface area contributed by atoms with Crippen molar-refractivity contribution in [3.8, 4) is 0 Å². The normalized spacial score (nSPS) is 16.8. The number of nitrogens with one attached hydrogen (secondary N) is 1. The van der Waals surface area contributed by atoms with Crippen molar-refractivity contribution in [2.75, 3.05) is 31.1 Å². The number of carbonyl (C=O) groups excluding carboxylic acids is 2. The fraction of sp³-hybridized carbons (Fsp3) is 0.296. The number of nitrogens with zero attached hydrogens (tertiary/aromatic N) is 3. The Morgan fingerprint density at radius 1 is 0.971 bits per heavy atom. The molecule has 2 heterocycles. The van der Waals surface area contributed by atoms with Gasteiger partial charge in [0.2, 0.25) is 0 Å². The van der Waals surface area contributed by atoms with Gasteiger partial charge in [-0.05, 0) is 44.0 Å². The molecule has 8 heteroatoms. The van der Waals surface area contributed by atoms with Crippen molar-refractivity contribution in [1.29, 1.82) is 0 Å². The number of amides is 2. The van der Waals surface area contributed by atoms with Gasteiger partial charge in [0, 0.05) is 49.3 Å². The van der Waals surface area contributed by atoms with E-state index in [0.29, 0.717) is 49.6 Å². The molecule has 1 saturated heterocycles. The van der Waals surface area contributed by atoms with Crippen LogP contribution in [-0.4, -0.2) is 48.6 Å². The van der Waals surface area contributed by atoms with E-state index in [2.05, 4.69) is 10.5 Å². The predicted octanol–water partition coefficient (Wildman–Crippen LogP) is 4.16. The first kappa shape index (κ1) is 22.8. The van der Waals surface area contributed by atoms with Crippen molar-refractivity contribution in [2.24, 2.45) is 5.10 Å². The number of hydrogen-bond acceptors (Lipinski definition) is 5. The van der Waals surface area contributed by atoms with Crippen LogP contribution in [0.3, 0.4) is 0 Å². The lowest BCUT2D eigenvalue weighted by molar-refractivity contribution is 0.0711. The van der Waals surface area contributed by atoms with E-state index in [1.807, 2.05) is 24.0 Å². The zero-order valence-corrected chi connectivity index (χ0v) is 19.6. The van der Waals surface area contributed by atoms with E-state index in [-0.39, 0.29) is 17.6 Å². The monoisotopic (exact) mass is 474 g/mol. The minimum absolute atomic E-state index is 0.169. The average molecular weight is 475 g/mol. The second-order valence-corrected chi connectivity index (χ2v) is 8.80. The van der Waals surface area contributed by atoms with E-state index in [4.69, 9.17) is 4.42 Å². The molecule has 1 N–H and O–H groups in total. The van der Waals surface area contributed by atoms with Crippen LogP contribution in [-0.2, 0) is 6.42 Å². The Kier molecular flexibility index (Phi) is 6.35. The molecule has 1 aliphatic carbocycles. The maximum atomic E-state index is 14.2. The van der Waals surface area contributed by atoms with Crippen LogP contribution in [0.1, 0.15) is 50.6 Å². The fourth-order valence-corrected chi connectivity index (χ4v) is 4.76. The number of halogens is 1. The van der Waals surface area contributed by atoms with Crippen LogP contribution in [0, 0.1) is 12.7 Å². The minimum Gasteiger partial charge on any atom is -0.455 e. The third kappa shape index (κ3) is 4.56. The number of anilines is 1. The number of carbonyl (C=O) groups is 2. The first-order valence-corrected chi connectivity index (χ1v) is 11.9. The zero-order chi connectivity index (χ0) is 24.4. The number of furan rings is 1. The molecule has 5 rings (SSSR count). The Morgan fingerprint density at radius 3 is 2.43 bits per heavy atom. The number of para-hydroxylation sites is 1. The van der Waals surface area contributed by atoms with Gasteiger partial charge in [0.15, 0.2) is 5.76 Å². The molecule has 180 valence electrons. The summed E-state index contributed by atoms with van der Waals surface area (Å²) in [4.78, 5) is 29.5. The minimum atomic E-state index is -0.282. The predicted molar refractivity (Wildman–Crippen MR) is 131 cm³/mol. The molecule has 3 aromatic rings. The van der Waals surface area contributed by atoms with E-state index in [0.717, 1.165) is 35.4 Å². The summed E-state index contributed by atoms with van der Waals surface area (Å²) >= 11 is 0. The Balaban J connectivity index is 1.31. The zero-order valence-electron chi connectivity index (χ0n) is 19.6. The first-order valence-electron chi connectivity index (χ1n) is 11.9. The van der Waals surface area contributed by atoms with E-state index < -0.39 is 0 Å². The molecule has 1 fully saturated rings. The van der Waals surface area contributed by atoms with E-state index in [1.54, 1.807) is 41.3 Å². The van der Waals surface area contributed by atoms with Crippen LogP contribution in [0.4, 0.5) is 10.1 Å². The van der Waals surface area contributed by atoms with Crippen molar-refractivity contribution >= 4 is 23.2 Å². The van der Waals surface area contributed by atoms with Gasteiger partial charge in [-0.1, -0.05) is 30.3 Å². The molecule has 0 unspecified atom stereocenters. The van der Waals surface area contributed by atoms with Crippen LogP contribution in [0.25, 0.3) is 0 Å². The van der Waals surface area contributed by atoms with Gasteiger partial charge in [0.25, 0.3) is 11.8 Å². The highest BCUT2D eigenvalue weighted by Gasteiger charge is 2.32. The molecule has 2 aromatic carbocycles. The summed E-state index contributed by atoms with van der Waals surface area (Å²) in [5.74, 6) is 0.342. The van der Waals surface area contributed by atoms with Crippen LogP contribution in [0.15, 0.2) is 64.1 Å². The molecular formula is C27H27FN4O3. The highest BCUT2D eigenvalue weighted by atomic mass is 19.1. The smallest absolute Gasteiger partial charge is 0.289 e.